The summed E-state index contributed by atoms with van der Waals surface area (Å²) in [4.78, 5) is 29.3. The highest BCUT2D eigenvalue weighted by atomic mass is 16.6. The Kier molecular flexibility index (Phi) is 3.12. The summed E-state index contributed by atoms with van der Waals surface area (Å²) in [5.41, 5.74) is 2.67. The van der Waals surface area contributed by atoms with Gasteiger partial charge in [-0.3, -0.25) is 0 Å². The molecule has 0 saturated heterocycles. The zero-order valence-electron chi connectivity index (χ0n) is 12.3. The van der Waals surface area contributed by atoms with Crippen molar-refractivity contribution in [1.82, 2.24) is 24.8 Å². The molecule has 1 aliphatic heterocycles. The lowest BCUT2D eigenvalue weighted by Crippen LogP contribution is -2.35. The lowest BCUT2D eigenvalue weighted by Gasteiger charge is -2.24. The maximum Gasteiger partial charge on any atom is 0.410 e. The fourth-order valence-corrected chi connectivity index (χ4v) is 2.20. The summed E-state index contributed by atoms with van der Waals surface area (Å²) in [5, 5.41) is 0. The average Bonchev–Trinajstić information content (AvgIpc) is 3.05. The number of nitrogens with zero attached hydrogens (tertiary/aromatic N) is 4. The first-order valence-electron chi connectivity index (χ1n) is 6.75. The zero-order valence-corrected chi connectivity index (χ0v) is 12.3. The molecule has 0 fully saturated rings. The van der Waals surface area contributed by atoms with Crippen molar-refractivity contribution < 1.29 is 9.53 Å². The van der Waals surface area contributed by atoms with E-state index in [0.717, 1.165) is 16.8 Å². The number of ether oxygens (including phenoxy) is 1. The summed E-state index contributed by atoms with van der Waals surface area (Å²) >= 11 is 0. The molecule has 0 atom stereocenters. The van der Waals surface area contributed by atoms with Gasteiger partial charge in [-0.15, -0.1) is 0 Å². The van der Waals surface area contributed by atoms with Gasteiger partial charge in [-0.2, -0.15) is 0 Å². The van der Waals surface area contributed by atoms with Crippen LogP contribution in [0.3, 0.4) is 0 Å². The second-order valence-corrected chi connectivity index (χ2v) is 5.91. The molecule has 1 aliphatic rings. The van der Waals surface area contributed by atoms with Crippen molar-refractivity contribution in [3.05, 3.63) is 24.4 Å². The van der Waals surface area contributed by atoms with E-state index in [9.17, 15) is 4.79 Å². The standard InChI is InChI=1S/C14H17N5O2/c1-14(2,3)21-13(20)19-5-4-9(6-19)10-11-12(17-7-15-10)18-8-16-11/h4,7-8H,5-6H2,1-3H3,(H,15,16,17,18). The van der Waals surface area contributed by atoms with Crippen molar-refractivity contribution in [2.75, 3.05) is 13.1 Å². The number of fused-ring (bicyclic) bond motifs is 1. The minimum absolute atomic E-state index is 0.316. The van der Waals surface area contributed by atoms with Crippen molar-refractivity contribution in [3.8, 4) is 0 Å². The Labute approximate surface area is 122 Å². The van der Waals surface area contributed by atoms with Crippen LogP contribution in [0.4, 0.5) is 4.79 Å². The second-order valence-electron chi connectivity index (χ2n) is 5.91. The molecule has 0 spiro atoms. The van der Waals surface area contributed by atoms with Gasteiger partial charge in [0.2, 0.25) is 0 Å². The third-order valence-electron chi connectivity index (χ3n) is 3.10. The highest BCUT2D eigenvalue weighted by Crippen LogP contribution is 2.24. The Morgan fingerprint density at radius 1 is 1.33 bits per heavy atom. The summed E-state index contributed by atoms with van der Waals surface area (Å²) in [6, 6.07) is 0. The highest BCUT2D eigenvalue weighted by Gasteiger charge is 2.27. The Balaban J connectivity index is 1.78. The predicted octanol–water partition coefficient (Wildman–Crippen LogP) is 1.99. The summed E-state index contributed by atoms with van der Waals surface area (Å²) < 4.78 is 5.38. The average molecular weight is 287 g/mol. The summed E-state index contributed by atoms with van der Waals surface area (Å²) in [5.74, 6) is 0. The second kappa shape index (κ2) is 4.83. The maximum absolute atomic E-state index is 12.1. The predicted molar refractivity (Wildman–Crippen MR) is 77.5 cm³/mol. The van der Waals surface area contributed by atoms with Crippen LogP contribution in [0.1, 0.15) is 26.5 Å². The molecule has 110 valence electrons. The minimum atomic E-state index is -0.495. The van der Waals surface area contributed by atoms with Gasteiger partial charge < -0.3 is 14.6 Å². The SMILES string of the molecule is CC(C)(C)OC(=O)N1CC=C(c2ncnc3nc[nH]c23)C1. The molecule has 3 rings (SSSR count). The number of amides is 1. The smallest absolute Gasteiger partial charge is 0.410 e. The Bertz CT molecular complexity index is 713. The molecular formula is C14H17N5O2. The third kappa shape index (κ3) is 2.72. The fraction of sp³-hybridized carbons (Fsp3) is 0.429. The lowest BCUT2D eigenvalue weighted by molar-refractivity contribution is 0.0306. The largest absolute Gasteiger partial charge is 0.444 e. The van der Waals surface area contributed by atoms with Crippen LogP contribution in [0.2, 0.25) is 0 Å². The number of H-pyrrole nitrogens is 1. The van der Waals surface area contributed by atoms with Gasteiger partial charge in [-0.05, 0) is 26.3 Å². The van der Waals surface area contributed by atoms with E-state index in [1.54, 1.807) is 11.2 Å². The molecular weight excluding hydrogens is 270 g/mol. The molecule has 1 amide bonds. The summed E-state index contributed by atoms with van der Waals surface area (Å²) in [6.45, 7) is 6.56. The molecule has 2 aromatic heterocycles. The first kappa shape index (κ1) is 13.5. The van der Waals surface area contributed by atoms with Crippen molar-refractivity contribution in [3.63, 3.8) is 0 Å². The van der Waals surface area contributed by atoms with Crippen LogP contribution < -0.4 is 0 Å². The van der Waals surface area contributed by atoms with Gasteiger partial charge in [-0.1, -0.05) is 6.08 Å². The molecule has 7 nitrogen and oxygen atoms in total. The normalized spacial score (nSPS) is 15.4. The number of hydrogen-bond acceptors (Lipinski definition) is 5. The Morgan fingerprint density at radius 2 is 2.14 bits per heavy atom. The van der Waals surface area contributed by atoms with E-state index in [2.05, 4.69) is 19.9 Å². The van der Waals surface area contributed by atoms with Gasteiger partial charge in [0.25, 0.3) is 0 Å². The van der Waals surface area contributed by atoms with Crippen molar-refractivity contribution in [1.29, 1.82) is 0 Å². The van der Waals surface area contributed by atoms with E-state index in [1.807, 2.05) is 26.8 Å². The zero-order chi connectivity index (χ0) is 15.0. The van der Waals surface area contributed by atoms with Crippen LogP contribution >= 0.6 is 0 Å². The number of hydrogen-bond donors (Lipinski definition) is 1. The molecule has 0 radical (unpaired) electrons. The Hall–Kier alpha value is -2.44. The van der Waals surface area contributed by atoms with E-state index in [0.29, 0.717) is 18.7 Å². The molecule has 2 aromatic rings. The molecule has 0 unspecified atom stereocenters. The number of aromatic nitrogens is 4. The van der Waals surface area contributed by atoms with E-state index in [1.165, 1.54) is 6.33 Å². The maximum atomic E-state index is 12.1. The van der Waals surface area contributed by atoms with Crippen LogP contribution in [0.5, 0.6) is 0 Å². The van der Waals surface area contributed by atoms with E-state index in [4.69, 9.17) is 4.74 Å². The van der Waals surface area contributed by atoms with Crippen molar-refractivity contribution >= 4 is 22.8 Å². The van der Waals surface area contributed by atoms with Gasteiger partial charge >= 0.3 is 6.09 Å². The van der Waals surface area contributed by atoms with Crippen LogP contribution in [-0.4, -0.2) is 49.6 Å². The number of nitrogens with one attached hydrogen (secondary N) is 1. The van der Waals surface area contributed by atoms with Crippen molar-refractivity contribution in [2.45, 2.75) is 26.4 Å². The summed E-state index contributed by atoms with van der Waals surface area (Å²) in [6.07, 6.45) is 4.73. The van der Waals surface area contributed by atoms with E-state index < -0.39 is 5.60 Å². The number of carbonyl (C=O) groups excluding carboxylic acids is 1. The number of imidazole rings is 1. The van der Waals surface area contributed by atoms with E-state index in [-0.39, 0.29) is 6.09 Å². The van der Waals surface area contributed by atoms with Crippen LogP contribution in [0.25, 0.3) is 16.7 Å². The van der Waals surface area contributed by atoms with Gasteiger partial charge in [0.05, 0.1) is 18.6 Å². The first-order chi connectivity index (χ1) is 9.94. The molecule has 1 N–H and O–H groups in total. The van der Waals surface area contributed by atoms with Crippen LogP contribution in [0, 0.1) is 0 Å². The molecule has 21 heavy (non-hydrogen) atoms. The number of rotatable bonds is 1. The van der Waals surface area contributed by atoms with Gasteiger partial charge in [-0.25, -0.2) is 19.7 Å². The fourth-order valence-electron chi connectivity index (χ4n) is 2.20. The van der Waals surface area contributed by atoms with Crippen LogP contribution in [-0.2, 0) is 4.74 Å². The number of aromatic amines is 1. The van der Waals surface area contributed by atoms with Crippen molar-refractivity contribution in [2.24, 2.45) is 0 Å². The van der Waals surface area contributed by atoms with E-state index >= 15 is 0 Å². The summed E-state index contributed by atoms with van der Waals surface area (Å²) in [7, 11) is 0. The molecule has 0 bridgehead atoms. The molecule has 7 heteroatoms. The van der Waals surface area contributed by atoms with Gasteiger partial charge in [0.15, 0.2) is 5.65 Å². The quantitative estimate of drug-likeness (QED) is 0.867. The number of carbonyl (C=O) groups is 1. The molecule has 0 aliphatic carbocycles. The lowest BCUT2D eigenvalue weighted by atomic mass is 10.2. The first-order valence-corrected chi connectivity index (χ1v) is 6.75. The van der Waals surface area contributed by atoms with Gasteiger partial charge in [0, 0.05) is 6.54 Å². The Morgan fingerprint density at radius 3 is 2.90 bits per heavy atom. The molecule has 0 aromatic carbocycles. The van der Waals surface area contributed by atoms with Crippen LogP contribution in [0.15, 0.2) is 18.7 Å². The molecule has 0 saturated carbocycles. The van der Waals surface area contributed by atoms with Gasteiger partial charge in [0.1, 0.15) is 17.4 Å². The topological polar surface area (TPSA) is 84.0 Å². The monoisotopic (exact) mass is 287 g/mol. The minimum Gasteiger partial charge on any atom is -0.444 e. The molecule has 3 heterocycles. The highest BCUT2D eigenvalue weighted by molar-refractivity contribution is 5.87. The third-order valence-corrected chi connectivity index (χ3v) is 3.10.